The van der Waals surface area contributed by atoms with Crippen molar-refractivity contribution in [2.75, 3.05) is 6.54 Å². The summed E-state index contributed by atoms with van der Waals surface area (Å²) < 4.78 is 1.11. The SMILES string of the molecule is CC(C)CCCCCCNC(=O)Cn1nnc2ccccc2c1=O. The lowest BCUT2D eigenvalue weighted by atomic mass is 10.0. The Labute approximate surface area is 142 Å². The summed E-state index contributed by atoms with van der Waals surface area (Å²) in [6, 6.07) is 7.00. The quantitative estimate of drug-likeness (QED) is 0.717. The zero-order chi connectivity index (χ0) is 17.4. The van der Waals surface area contributed by atoms with Gasteiger partial charge in [0.15, 0.2) is 0 Å². The second-order valence-corrected chi connectivity index (χ2v) is 6.52. The molecule has 6 heteroatoms. The smallest absolute Gasteiger partial charge is 0.278 e. The van der Waals surface area contributed by atoms with Gasteiger partial charge in [-0.3, -0.25) is 9.59 Å². The van der Waals surface area contributed by atoms with Crippen LogP contribution in [0.1, 0.15) is 46.0 Å². The highest BCUT2D eigenvalue weighted by atomic mass is 16.2. The molecule has 1 aromatic carbocycles. The van der Waals surface area contributed by atoms with Crippen molar-refractivity contribution >= 4 is 16.8 Å². The van der Waals surface area contributed by atoms with Crippen LogP contribution in [0.2, 0.25) is 0 Å². The number of carbonyl (C=O) groups is 1. The maximum Gasteiger partial charge on any atom is 0.278 e. The van der Waals surface area contributed by atoms with Gasteiger partial charge < -0.3 is 5.32 Å². The van der Waals surface area contributed by atoms with Crippen LogP contribution in [0, 0.1) is 5.92 Å². The molecule has 0 fully saturated rings. The number of nitrogens with one attached hydrogen (secondary N) is 1. The molecule has 0 radical (unpaired) electrons. The first kappa shape index (κ1) is 18.1. The zero-order valence-corrected chi connectivity index (χ0v) is 14.5. The lowest BCUT2D eigenvalue weighted by Crippen LogP contribution is -2.34. The largest absolute Gasteiger partial charge is 0.354 e. The number of fused-ring (bicyclic) bond motifs is 1. The predicted molar refractivity (Wildman–Crippen MR) is 94.7 cm³/mol. The Morgan fingerprint density at radius 1 is 1.17 bits per heavy atom. The standard InChI is InChI=1S/C18H26N4O2/c1-14(2)9-5-3-4-8-12-19-17(23)13-22-18(24)15-10-6-7-11-16(15)20-21-22/h6-7,10-11,14H,3-5,8-9,12-13H2,1-2H3,(H,19,23). The van der Waals surface area contributed by atoms with E-state index in [4.69, 9.17) is 0 Å². The Morgan fingerprint density at radius 2 is 1.92 bits per heavy atom. The Morgan fingerprint density at radius 3 is 2.71 bits per heavy atom. The molecule has 0 unspecified atom stereocenters. The maximum atomic E-state index is 12.2. The summed E-state index contributed by atoms with van der Waals surface area (Å²) in [6.45, 7) is 5.01. The molecule has 1 heterocycles. The number of rotatable bonds is 9. The summed E-state index contributed by atoms with van der Waals surface area (Å²) in [5.74, 6) is 0.551. The van der Waals surface area contributed by atoms with Crippen LogP contribution in [0.3, 0.4) is 0 Å². The number of amides is 1. The maximum absolute atomic E-state index is 12.2. The van der Waals surface area contributed by atoms with Crippen LogP contribution in [-0.2, 0) is 11.3 Å². The summed E-state index contributed by atoms with van der Waals surface area (Å²) in [4.78, 5) is 24.2. The lowest BCUT2D eigenvalue weighted by molar-refractivity contribution is -0.121. The molecular weight excluding hydrogens is 304 g/mol. The molecule has 0 aliphatic rings. The number of benzene rings is 1. The summed E-state index contributed by atoms with van der Waals surface area (Å²) in [5, 5.41) is 11.1. The minimum atomic E-state index is -0.288. The average molecular weight is 330 g/mol. The highest BCUT2D eigenvalue weighted by Crippen LogP contribution is 2.09. The molecule has 2 aromatic rings. The third-order valence-electron chi connectivity index (χ3n) is 3.95. The van der Waals surface area contributed by atoms with E-state index in [2.05, 4.69) is 29.5 Å². The van der Waals surface area contributed by atoms with E-state index in [0.29, 0.717) is 17.4 Å². The van der Waals surface area contributed by atoms with Crippen molar-refractivity contribution in [1.82, 2.24) is 20.3 Å². The fourth-order valence-corrected chi connectivity index (χ4v) is 2.58. The first-order valence-electron chi connectivity index (χ1n) is 8.67. The van der Waals surface area contributed by atoms with Crippen LogP contribution in [0.5, 0.6) is 0 Å². The van der Waals surface area contributed by atoms with Crippen LogP contribution in [-0.4, -0.2) is 27.4 Å². The summed E-state index contributed by atoms with van der Waals surface area (Å²) >= 11 is 0. The summed E-state index contributed by atoms with van der Waals surface area (Å²) in [5.41, 5.74) is 0.255. The van der Waals surface area contributed by atoms with Crippen molar-refractivity contribution < 1.29 is 4.79 Å². The number of hydrogen-bond acceptors (Lipinski definition) is 4. The molecule has 1 amide bonds. The van der Waals surface area contributed by atoms with Crippen LogP contribution in [0.15, 0.2) is 29.1 Å². The Bertz CT molecular complexity index is 724. The van der Waals surface area contributed by atoms with E-state index < -0.39 is 0 Å². The van der Waals surface area contributed by atoms with Crippen LogP contribution in [0.25, 0.3) is 10.9 Å². The first-order chi connectivity index (χ1) is 11.6. The topological polar surface area (TPSA) is 76.9 Å². The third-order valence-corrected chi connectivity index (χ3v) is 3.95. The minimum absolute atomic E-state index is 0.0932. The highest BCUT2D eigenvalue weighted by Gasteiger charge is 2.08. The predicted octanol–water partition coefficient (Wildman–Crippen LogP) is 2.51. The number of aromatic nitrogens is 3. The van der Waals surface area contributed by atoms with E-state index in [9.17, 15) is 9.59 Å². The van der Waals surface area contributed by atoms with Gasteiger partial charge in [-0.1, -0.05) is 56.9 Å². The normalized spacial score (nSPS) is 11.1. The van der Waals surface area contributed by atoms with E-state index in [1.54, 1.807) is 24.3 Å². The van der Waals surface area contributed by atoms with E-state index in [1.165, 1.54) is 19.3 Å². The Balaban J connectivity index is 1.75. The van der Waals surface area contributed by atoms with Crippen LogP contribution < -0.4 is 10.9 Å². The molecule has 0 aliphatic heterocycles. The second kappa shape index (κ2) is 9.15. The van der Waals surface area contributed by atoms with Gasteiger partial charge in [-0.05, 0) is 24.5 Å². The molecule has 6 nitrogen and oxygen atoms in total. The number of unbranched alkanes of at least 4 members (excludes halogenated alkanes) is 3. The molecule has 0 saturated heterocycles. The third kappa shape index (κ3) is 5.44. The average Bonchev–Trinajstić information content (AvgIpc) is 2.56. The molecule has 2 rings (SSSR count). The van der Waals surface area contributed by atoms with E-state index in [-0.39, 0.29) is 18.0 Å². The monoisotopic (exact) mass is 330 g/mol. The van der Waals surface area contributed by atoms with Gasteiger partial charge in [0.05, 0.1) is 5.39 Å². The molecular formula is C18H26N4O2. The molecule has 130 valence electrons. The van der Waals surface area contributed by atoms with Crippen molar-refractivity contribution in [3.8, 4) is 0 Å². The number of carbonyl (C=O) groups excluding carboxylic acids is 1. The van der Waals surface area contributed by atoms with Gasteiger partial charge in [-0.2, -0.15) is 0 Å². The first-order valence-corrected chi connectivity index (χ1v) is 8.67. The van der Waals surface area contributed by atoms with Gasteiger partial charge in [-0.25, -0.2) is 4.68 Å². The number of nitrogens with zero attached hydrogens (tertiary/aromatic N) is 3. The van der Waals surface area contributed by atoms with Gasteiger partial charge in [0.2, 0.25) is 5.91 Å². The second-order valence-electron chi connectivity index (χ2n) is 6.52. The van der Waals surface area contributed by atoms with Crippen molar-refractivity contribution in [3.05, 3.63) is 34.6 Å². The minimum Gasteiger partial charge on any atom is -0.354 e. The molecule has 0 saturated carbocycles. The molecule has 1 N–H and O–H groups in total. The molecule has 24 heavy (non-hydrogen) atoms. The molecule has 0 atom stereocenters. The van der Waals surface area contributed by atoms with Gasteiger partial charge >= 0.3 is 0 Å². The Kier molecular flexibility index (Phi) is 6.90. The fourth-order valence-electron chi connectivity index (χ4n) is 2.58. The van der Waals surface area contributed by atoms with Gasteiger partial charge in [0.1, 0.15) is 12.1 Å². The van der Waals surface area contributed by atoms with E-state index in [0.717, 1.165) is 23.4 Å². The van der Waals surface area contributed by atoms with Crippen LogP contribution >= 0.6 is 0 Å². The molecule has 0 bridgehead atoms. The summed E-state index contributed by atoms with van der Waals surface area (Å²) in [7, 11) is 0. The number of hydrogen-bond donors (Lipinski definition) is 1. The zero-order valence-electron chi connectivity index (χ0n) is 14.5. The molecule has 0 aliphatic carbocycles. The van der Waals surface area contributed by atoms with Crippen molar-refractivity contribution in [2.45, 2.75) is 52.5 Å². The van der Waals surface area contributed by atoms with Crippen molar-refractivity contribution in [2.24, 2.45) is 5.92 Å². The lowest BCUT2D eigenvalue weighted by Gasteiger charge is -2.07. The highest BCUT2D eigenvalue weighted by molar-refractivity contribution is 5.78. The molecule has 1 aromatic heterocycles. The van der Waals surface area contributed by atoms with E-state index >= 15 is 0 Å². The van der Waals surface area contributed by atoms with Gasteiger partial charge in [0.25, 0.3) is 5.56 Å². The van der Waals surface area contributed by atoms with Crippen LogP contribution in [0.4, 0.5) is 0 Å². The van der Waals surface area contributed by atoms with Crippen molar-refractivity contribution in [3.63, 3.8) is 0 Å². The fraction of sp³-hybridized carbons (Fsp3) is 0.556. The van der Waals surface area contributed by atoms with Gasteiger partial charge in [0, 0.05) is 6.54 Å². The van der Waals surface area contributed by atoms with E-state index in [1.807, 2.05) is 0 Å². The molecule has 0 spiro atoms. The summed E-state index contributed by atoms with van der Waals surface area (Å²) in [6.07, 6.45) is 5.78. The van der Waals surface area contributed by atoms with Crippen molar-refractivity contribution in [1.29, 1.82) is 0 Å². The Hall–Kier alpha value is -2.24. The van der Waals surface area contributed by atoms with Gasteiger partial charge in [-0.15, -0.1) is 5.10 Å².